The van der Waals surface area contributed by atoms with Crippen molar-refractivity contribution < 1.29 is 224 Å². The van der Waals surface area contributed by atoms with E-state index in [1.807, 2.05) is 0 Å². The van der Waals surface area contributed by atoms with Crippen molar-refractivity contribution in [2.75, 3.05) is 0 Å². The van der Waals surface area contributed by atoms with Gasteiger partial charge in [-0.2, -0.15) is 0 Å². The Morgan fingerprint density at radius 3 is 0.290 bits per heavy atom. The van der Waals surface area contributed by atoms with Gasteiger partial charge in [0.25, 0.3) is 0 Å². The van der Waals surface area contributed by atoms with Crippen LogP contribution in [0.4, 0.5) is 24.0 Å². The molecular weight excluding hydrogens is 1230 g/mol. The number of hydrogen-bond donors (Lipinski definition) is 0. The van der Waals surface area contributed by atoms with Crippen LogP contribution in [0.2, 0.25) is 0 Å². The molecule has 163 valence electrons. The van der Waals surface area contributed by atoms with E-state index in [-0.39, 0.29) is 295 Å². The SMILES string of the molecule is O=C([O-])[O-].O=C([O-])[O-].O=C([O-])[O-].O=C([O-])[O-].O=C([O-])[O-].[Ba+2].[Ba+2].[Ba+2].[Ce+3].[Ce+3].[Ce+3].[F-].[F-].[F-].[F-].[F-]. The zero-order chi connectivity index (χ0) is 17.9. The van der Waals surface area contributed by atoms with Gasteiger partial charge in [0.2, 0.25) is 0 Å². The minimum Gasteiger partial charge on any atom is -1.00 e. The van der Waals surface area contributed by atoms with Gasteiger partial charge in [-0.1, -0.05) is 0 Å². The molecule has 15 nitrogen and oxygen atoms in total. The van der Waals surface area contributed by atoms with Crippen LogP contribution in [0, 0.1) is 125 Å². The second-order valence-electron chi connectivity index (χ2n) is 1.25. The summed E-state index contributed by atoms with van der Waals surface area (Å²) in [7, 11) is 0. The molecule has 26 heteroatoms. The predicted molar refractivity (Wildman–Crippen MR) is 44.2 cm³/mol. The first-order valence-electron chi connectivity index (χ1n) is 3.06. The van der Waals surface area contributed by atoms with Crippen molar-refractivity contribution in [1.82, 2.24) is 0 Å². The van der Waals surface area contributed by atoms with Crippen molar-refractivity contribution in [3.63, 3.8) is 0 Å². The molecule has 31 heavy (non-hydrogen) atoms. The van der Waals surface area contributed by atoms with Gasteiger partial charge in [-0.3, -0.25) is 0 Å². The number of carbonyl (C=O) groups excluding carboxylic acids is 5. The number of carbonyl (C=O) groups is 5. The molecule has 0 N–H and O–H groups in total. The monoisotopic (exact) mass is 1230 g/mol. The van der Waals surface area contributed by atoms with Crippen LogP contribution < -0.4 is 74.6 Å². The van der Waals surface area contributed by atoms with Crippen molar-refractivity contribution in [3.05, 3.63) is 0 Å². The molecule has 0 aliphatic heterocycles. The maximum absolute atomic E-state index is 8.33. The van der Waals surface area contributed by atoms with Gasteiger partial charge in [0.15, 0.2) is 0 Å². The molecule has 0 atom stereocenters. The van der Waals surface area contributed by atoms with Crippen LogP contribution in [-0.2, 0) is 0 Å². The Morgan fingerprint density at radius 1 is 0.290 bits per heavy atom. The van der Waals surface area contributed by atoms with E-state index in [2.05, 4.69) is 0 Å². The Morgan fingerprint density at radius 2 is 0.290 bits per heavy atom. The molecule has 0 aromatic carbocycles. The first-order chi connectivity index (χ1) is 8.66. The molecule has 0 spiro atoms. The van der Waals surface area contributed by atoms with Gasteiger partial charge in [-0.25, -0.2) is 0 Å². The molecule has 3 radical (unpaired) electrons. The first kappa shape index (κ1) is 111. The molecule has 0 aliphatic rings. The largest absolute Gasteiger partial charge is 3.00 e. The summed E-state index contributed by atoms with van der Waals surface area (Å²) in [5, 5.41) is 83.3. The van der Waals surface area contributed by atoms with Gasteiger partial charge < -0.3 is 98.6 Å². The van der Waals surface area contributed by atoms with Crippen molar-refractivity contribution >= 4 is 177 Å². The summed E-state index contributed by atoms with van der Waals surface area (Å²) in [6.07, 6.45) is -11.7. The summed E-state index contributed by atoms with van der Waals surface area (Å²) in [6.45, 7) is 0. The van der Waals surface area contributed by atoms with Crippen LogP contribution >= 0.6 is 0 Å². The molecular formula is C5Ba3Ce3F5O15. The van der Waals surface area contributed by atoms with E-state index in [1.54, 1.807) is 0 Å². The number of hydrogen-bond acceptors (Lipinski definition) is 15. The van der Waals surface area contributed by atoms with Crippen molar-refractivity contribution in [2.24, 2.45) is 0 Å². The van der Waals surface area contributed by atoms with Crippen LogP contribution in [0.1, 0.15) is 0 Å². The predicted octanol–water partition coefficient (Wildman–Crippen LogP) is -28.4. The van der Waals surface area contributed by atoms with Gasteiger partial charge in [0.1, 0.15) is 0 Å². The van der Waals surface area contributed by atoms with E-state index >= 15 is 0 Å². The maximum Gasteiger partial charge on any atom is 3.00 e. The minimum absolute atomic E-state index is 0. The van der Waals surface area contributed by atoms with Crippen LogP contribution in [-0.4, -0.2) is 177 Å². The quantitative estimate of drug-likeness (QED) is 0.161. The van der Waals surface area contributed by atoms with Crippen LogP contribution in [0.3, 0.4) is 0 Å². The summed E-state index contributed by atoms with van der Waals surface area (Å²) in [4.78, 5) is 41.7. The summed E-state index contributed by atoms with van der Waals surface area (Å²) in [5.74, 6) is 0. The summed E-state index contributed by atoms with van der Waals surface area (Å²) in [6, 6.07) is 0. The van der Waals surface area contributed by atoms with E-state index < -0.39 is 30.8 Å². The zero-order valence-electron chi connectivity index (χ0n) is 14.1. The second-order valence-corrected chi connectivity index (χ2v) is 1.25. The van der Waals surface area contributed by atoms with E-state index in [1.165, 1.54) is 0 Å². The number of halogens is 5. The van der Waals surface area contributed by atoms with Crippen molar-refractivity contribution in [1.29, 1.82) is 0 Å². The third kappa shape index (κ3) is 1600. The average molecular weight is 1230 g/mol. The summed E-state index contributed by atoms with van der Waals surface area (Å²) in [5.41, 5.74) is 0. The number of rotatable bonds is 0. The molecule has 0 saturated heterocycles. The van der Waals surface area contributed by atoms with Gasteiger partial charge in [0, 0.05) is 0 Å². The molecule has 0 aromatic heterocycles. The fourth-order valence-corrected chi connectivity index (χ4v) is 0. The molecule has 0 rings (SSSR count). The minimum atomic E-state index is -2.33. The van der Waals surface area contributed by atoms with Crippen LogP contribution in [0.15, 0.2) is 0 Å². The Kier molecular flexibility index (Phi) is 361. The summed E-state index contributed by atoms with van der Waals surface area (Å²) < 4.78 is 0. The van der Waals surface area contributed by atoms with Gasteiger partial charge in [0.05, 0.1) is 0 Å². The van der Waals surface area contributed by atoms with E-state index in [9.17, 15) is 0 Å². The third-order valence-electron chi connectivity index (χ3n) is 0. The molecule has 0 saturated carbocycles. The van der Waals surface area contributed by atoms with Crippen molar-refractivity contribution in [2.45, 2.75) is 0 Å². The van der Waals surface area contributed by atoms with Crippen LogP contribution in [0.5, 0.6) is 0 Å². The van der Waals surface area contributed by atoms with E-state index in [4.69, 9.17) is 75.0 Å². The summed E-state index contributed by atoms with van der Waals surface area (Å²) >= 11 is 0. The fraction of sp³-hybridized carbons (Fsp3) is 0. The molecule has 0 aliphatic carbocycles. The standard InChI is InChI=1S/5CH2O3.3Ba.3Ce.5FH/c5*2-1(3)4;;;;;;;;;;;/h5*(H2,2,3,4);;;;;;;5*1H/q;;;;;3*+2;3*+3;;;;;/p-15. The smallest absolute Gasteiger partial charge is 1.00 e. The topological polar surface area (TPSA) is 316 Å². The first-order valence-corrected chi connectivity index (χ1v) is 3.06. The Bertz CT molecular complexity index is 247. The molecule has 0 amide bonds. The van der Waals surface area contributed by atoms with Crippen molar-refractivity contribution in [3.8, 4) is 0 Å². The fourth-order valence-electron chi connectivity index (χ4n) is 0. The zero-order valence-corrected chi connectivity index (χ0v) is 36.9. The Balaban J connectivity index is -0.00000000595. The number of carboxylic acid groups (broad SMARTS) is 10. The Labute approximate surface area is 390 Å². The van der Waals surface area contributed by atoms with Crippen LogP contribution in [0.25, 0.3) is 0 Å². The van der Waals surface area contributed by atoms with Gasteiger partial charge >= 0.3 is 272 Å². The van der Waals surface area contributed by atoms with E-state index in [0.29, 0.717) is 0 Å². The molecule has 0 aromatic rings. The third-order valence-corrected chi connectivity index (χ3v) is 0. The molecule has 0 bridgehead atoms. The molecule has 0 heterocycles. The Hall–Kier alpha value is 4.84. The molecule has 0 unspecified atom stereocenters. The maximum atomic E-state index is 8.33. The molecule has 0 fully saturated rings. The average Bonchev–Trinajstić information content (AvgIpc) is 1.94. The second kappa shape index (κ2) is 101. The van der Waals surface area contributed by atoms with E-state index in [0.717, 1.165) is 0 Å². The van der Waals surface area contributed by atoms with Gasteiger partial charge in [-0.05, 0) is 30.8 Å². The van der Waals surface area contributed by atoms with Gasteiger partial charge in [-0.15, -0.1) is 0 Å². The normalized spacial score (nSPS) is 3.87.